The molecule has 1 aliphatic heterocycles. The summed E-state index contributed by atoms with van der Waals surface area (Å²) < 4.78 is 10.9. The number of anilines is 1. The first-order valence-electron chi connectivity index (χ1n) is 4.80. The van der Waals surface area contributed by atoms with Crippen LogP contribution in [-0.2, 0) is 4.74 Å². The predicted molar refractivity (Wildman–Crippen MR) is 53.1 cm³/mol. The van der Waals surface area contributed by atoms with Gasteiger partial charge in [-0.2, -0.15) is 0 Å². The monoisotopic (exact) mass is 194 g/mol. The first-order valence-corrected chi connectivity index (χ1v) is 4.80. The summed E-state index contributed by atoms with van der Waals surface area (Å²) in [6.45, 7) is 1.43. The molecule has 14 heavy (non-hydrogen) atoms. The lowest BCUT2D eigenvalue weighted by molar-refractivity contribution is 0.0663. The van der Waals surface area contributed by atoms with Gasteiger partial charge in [-0.1, -0.05) is 0 Å². The van der Waals surface area contributed by atoms with E-state index in [2.05, 4.69) is 4.98 Å². The maximum Gasteiger partial charge on any atom is 0.213 e. The highest BCUT2D eigenvalue weighted by atomic mass is 16.5. The smallest absolute Gasteiger partial charge is 0.213 e. The Bertz CT molecular complexity index is 281. The van der Waals surface area contributed by atoms with Crippen LogP contribution >= 0.6 is 0 Å². The normalized spacial score (nSPS) is 21.0. The van der Waals surface area contributed by atoms with Crippen molar-refractivity contribution < 1.29 is 9.47 Å². The molecule has 0 spiro atoms. The summed E-state index contributed by atoms with van der Waals surface area (Å²) in [5.41, 5.74) is 6.15. The van der Waals surface area contributed by atoms with Crippen LogP contribution in [0, 0.1) is 0 Å². The molecule has 0 saturated carbocycles. The molecule has 1 aliphatic rings. The number of nitrogens with zero attached hydrogens (tertiary/aromatic N) is 1. The molecule has 0 bridgehead atoms. The third-order valence-electron chi connectivity index (χ3n) is 2.20. The summed E-state index contributed by atoms with van der Waals surface area (Å²) in [4.78, 5) is 4.04. The van der Waals surface area contributed by atoms with Crippen LogP contribution in [0.3, 0.4) is 0 Å². The molecule has 1 unspecified atom stereocenters. The first-order chi connectivity index (χ1) is 6.84. The minimum absolute atomic E-state index is 0.231. The van der Waals surface area contributed by atoms with Gasteiger partial charge in [0.2, 0.25) is 5.88 Å². The van der Waals surface area contributed by atoms with E-state index in [4.69, 9.17) is 15.2 Å². The van der Waals surface area contributed by atoms with Gasteiger partial charge in [0.25, 0.3) is 0 Å². The second-order valence-electron chi connectivity index (χ2n) is 3.38. The molecule has 2 rings (SSSR count). The molecule has 0 radical (unpaired) electrons. The molecule has 1 aromatic heterocycles. The van der Waals surface area contributed by atoms with Crippen LogP contribution in [0.25, 0.3) is 0 Å². The van der Waals surface area contributed by atoms with E-state index in [1.807, 2.05) is 0 Å². The van der Waals surface area contributed by atoms with E-state index in [0.717, 1.165) is 19.4 Å². The summed E-state index contributed by atoms with van der Waals surface area (Å²) in [6, 6.07) is 3.54. The zero-order valence-electron chi connectivity index (χ0n) is 7.98. The predicted octanol–water partition coefficient (Wildman–Crippen LogP) is 1.22. The SMILES string of the molecule is Nc1ccc(OCC2CCCO2)nc1. The molecule has 1 fully saturated rings. The van der Waals surface area contributed by atoms with Crippen molar-refractivity contribution in [1.82, 2.24) is 4.98 Å². The molecule has 0 amide bonds. The van der Waals surface area contributed by atoms with Crippen molar-refractivity contribution in [2.24, 2.45) is 0 Å². The van der Waals surface area contributed by atoms with Gasteiger partial charge in [-0.3, -0.25) is 0 Å². The van der Waals surface area contributed by atoms with Gasteiger partial charge in [0.1, 0.15) is 6.61 Å². The Morgan fingerprint density at radius 3 is 3.14 bits per heavy atom. The number of hydrogen-bond donors (Lipinski definition) is 1. The Hall–Kier alpha value is -1.29. The lowest BCUT2D eigenvalue weighted by atomic mass is 10.2. The zero-order valence-corrected chi connectivity index (χ0v) is 7.98. The number of aromatic nitrogens is 1. The van der Waals surface area contributed by atoms with Crippen molar-refractivity contribution in [3.05, 3.63) is 18.3 Å². The topological polar surface area (TPSA) is 57.4 Å². The molecule has 2 N–H and O–H groups in total. The van der Waals surface area contributed by atoms with Crippen LogP contribution < -0.4 is 10.5 Å². The molecule has 2 heterocycles. The van der Waals surface area contributed by atoms with E-state index in [1.165, 1.54) is 0 Å². The summed E-state index contributed by atoms with van der Waals surface area (Å²) in [5, 5.41) is 0. The lowest BCUT2D eigenvalue weighted by Crippen LogP contribution is -2.16. The van der Waals surface area contributed by atoms with Crippen LogP contribution in [0.15, 0.2) is 18.3 Å². The molecule has 1 saturated heterocycles. The van der Waals surface area contributed by atoms with Gasteiger partial charge >= 0.3 is 0 Å². The standard InChI is InChI=1S/C10H14N2O2/c11-8-3-4-10(12-6-8)14-7-9-2-1-5-13-9/h3-4,6,9H,1-2,5,7,11H2. The third kappa shape index (κ3) is 2.35. The Balaban J connectivity index is 1.82. The van der Waals surface area contributed by atoms with E-state index in [-0.39, 0.29) is 6.10 Å². The molecular weight excluding hydrogens is 180 g/mol. The highest BCUT2D eigenvalue weighted by molar-refractivity contribution is 5.35. The average molecular weight is 194 g/mol. The van der Waals surface area contributed by atoms with Gasteiger partial charge in [-0.25, -0.2) is 4.98 Å². The second kappa shape index (κ2) is 4.28. The van der Waals surface area contributed by atoms with Gasteiger partial charge in [0, 0.05) is 12.7 Å². The molecule has 1 aromatic rings. The Morgan fingerprint density at radius 1 is 1.57 bits per heavy atom. The Morgan fingerprint density at radius 2 is 2.50 bits per heavy atom. The van der Waals surface area contributed by atoms with E-state index in [0.29, 0.717) is 18.2 Å². The van der Waals surface area contributed by atoms with Gasteiger partial charge in [-0.05, 0) is 18.9 Å². The number of pyridine rings is 1. The Kier molecular flexibility index (Phi) is 2.84. The van der Waals surface area contributed by atoms with Crippen molar-refractivity contribution in [2.45, 2.75) is 18.9 Å². The first kappa shape index (κ1) is 9.27. The molecule has 0 aromatic carbocycles. The summed E-state index contributed by atoms with van der Waals surface area (Å²) >= 11 is 0. The molecule has 1 atom stereocenters. The van der Waals surface area contributed by atoms with Crippen molar-refractivity contribution in [1.29, 1.82) is 0 Å². The maximum absolute atomic E-state index is 5.50. The fourth-order valence-electron chi connectivity index (χ4n) is 1.43. The summed E-state index contributed by atoms with van der Waals surface area (Å²) in [7, 11) is 0. The van der Waals surface area contributed by atoms with E-state index < -0.39 is 0 Å². The molecular formula is C10H14N2O2. The number of nitrogens with two attached hydrogens (primary N) is 1. The maximum atomic E-state index is 5.50. The summed E-state index contributed by atoms with van der Waals surface area (Å²) in [5.74, 6) is 0.606. The summed E-state index contributed by atoms with van der Waals surface area (Å²) in [6.07, 6.45) is 4.03. The highest BCUT2D eigenvalue weighted by Gasteiger charge is 2.15. The number of ether oxygens (including phenoxy) is 2. The van der Waals surface area contributed by atoms with E-state index >= 15 is 0 Å². The highest BCUT2D eigenvalue weighted by Crippen LogP contribution is 2.14. The van der Waals surface area contributed by atoms with Crippen LogP contribution in [0.4, 0.5) is 5.69 Å². The minimum atomic E-state index is 0.231. The largest absolute Gasteiger partial charge is 0.475 e. The van der Waals surface area contributed by atoms with Crippen molar-refractivity contribution in [2.75, 3.05) is 18.9 Å². The minimum Gasteiger partial charge on any atom is -0.475 e. The van der Waals surface area contributed by atoms with E-state index in [1.54, 1.807) is 18.3 Å². The van der Waals surface area contributed by atoms with Crippen LogP contribution in [0.2, 0.25) is 0 Å². The van der Waals surface area contributed by atoms with Crippen molar-refractivity contribution in [3.63, 3.8) is 0 Å². The van der Waals surface area contributed by atoms with Crippen LogP contribution in [0.1, 0.15) is 12.8 Å². The number of rotatable bonds is 3. The van der Waals surface area contributed by atoms with Crippen molar-refractivity contribution in [3.8, 4) is 5.88 Å². The molecule has 4 heteroatoms. The molecule has 4 nitrogen and oxygen atoms in total. The zero-order chi connectivity index (χ0) is 9.80. The van der Waals surface area contributed by atoms with Gasteiger partial charge < -0.3 is 15.2 Å². The fourth-order valence-corrected chi connectivity index (χ4v) is 1.43. The molecule has 76 valence electrons. The number of nitrogen functional groups attached to an aromatic ring is 1. The van der Waals surface area contributed by atoms with Crippen LogP contribution in [0.5, 0.6) is 5.88 Å². The van der Waals surface area contributed by atoms with Gasteiger partial charge in [0.15, 0.2) is 0 Å². The van der Waals surface area contributed by atoms with Crippen LogP contribution in [-0.4, -0.2) is 24.3 Å². The van der Waals surface area contributed by atoms with E-state index in [9.17, 15) is 0 Å². The van der Waals surface area contributed by atoms with Gasteiger partial charge in [-0.15, -0.1) is 0 Å². The second-order valence-corrected chi connectivity index (χ2v) is 3.38. The quantitative estimate of drug-likeness (QED) is 0.786. The Labute approximate surface area is 83.0 Å². The fraction of sp³-hybridized carbons (Fsp3) is 0.500. The third-order valence-corrected chi connectivity index (χ3v) is 2.20. The van der Waals surface area contributed by atoms with Gasteiger partial charge in [0.05, 0.1) is 18.0 Å². The lowest BCUT2D eigenvalue weighted by Gasteiger charge is -2.10. The van der Waals surface area contributed by atoms with Crippen molar-refractivity contribution >= 4 is 5.69 Å². The average Bonchev–Trinajstić information content (AvgIpc) is 2.70. The number of hydrogen-bond acceptors (Lipinski definition) is 4. The molecule has 0 aliphatic carbocycles.